The maximum atomic E-state index is 11.4. The average Bonchev–Trinajstić information content (AvgIpc) is 2.69. The number of carbonyl (C=O) groups is 2. The third-order valence-corrected chi connectivity index (χ3v) is 3.20. The highest BCUT2D eigenvalue weighted by atomic mass is 16.5. The second-order valence-corrected chi connectivity index (χ2v) is 5.90. The molecule has 0 rings (SSSR count). The van der Waals surface area contributed by atoms with Gasteiger partial charge in [0, 0.05) is 13.3 Å². The SMILES string of the molecule is CC/C=C\C/C=C\CC/C=C(/C#CC#CCCC(=O)OC[C@H](O)CO)OC(C)=O. The van der Waals surface area contributed by atoms with E-state index in [0.29, 0.717) is 6.42 Å². The molecule has 6 heteroatoms. The molecule has 0 spiro atoms. The van der Waals surface area contributed by atoms with Crippen LogP contribution in [0.5, 0.6) is 0 Å². The van der Waals surface area contributed by atoms with Crippen molar-refractivity contribution in [3.05, 3.63) is 36.1 Å². The molecule has 0 saturated carbocycles. The highest BCUT2D eigenvalue weighted by Crippen LogP contribution is 2.03. The molecule has 0 aliphatic rings. The van der Waals surface area contributed by atoms with E-state index < -0.39 is 24.6 Å². The first-order chi connectivity index (χ1) is 14.0. The van der Waals surface area contributed by atoms with Crippen molar-refractivity contribution in [1.29, 1.82) is 0 Å². The van der Waals surface area contributed by atoms with Crippen molar-refractivity contribution >= 4 is 11.9 Å². The van der Waals surface area contributed by atoms with Crippen LogP contribution in [-0.4, -0.2) is 41.5 Å². The van der Waals surface area contributed by atoms with Crippen LogP contribution in [0.25, 0.3) is 0 Å². The number of hydrogen-bond acceptors (Lipinski definition) is 6. The fraction of sp³-hybridized carbons (Fsp3) is 0.478. The summed E-state index contributed by atoms with van der Waals surface area (Å²) in [5, 5.41) is 17.7. The van der Waals surface area contributed by atoms with Gasteiger partial charge >= 0.3 is 11.9 Å². The Morgan fingerprint density at radius 1 is 1.10 bits per heavy atom. The molecule has 0 amide bonds. The molecule has 0 saturated heterocycles. The largest absolute Gasteiger partial charge is 0.463 e. The van der Waals surface area contributed by atoms with E-state index in [0.717, 1.165) is 19.3 Å². The van der Waals surface area contributed by atoms with Gasteiger partial charge in [-0.25, -0.2) is 0 Å². The van der Waals surface area contributed by atoms with Crippen LogP contribution in [0.4, 0.5) is 0 Å². The Hall–Kier alpha value is -2.80. The summed E-state index contributed by atoms with van der Waals surface area (Å²) in [6.07, 6.45) is 12.8. The zero-order valence-corrected chi connectivity index (χ0v) is 17.1. The third kappa shape index (κ3) is 18.3. The summed E-state index contributed by atoms with van der Waals surface area (Å²) >= 11 is 0. The Kier molecular flexibility index (Phi) is 16.8. The molecule has 0 fully saturated rings. The van der Waals surface area contributed by atoms with Gasteiger partial charge in [-0.05, 0) is 49.5 Å². The number of rotatable bonds is 12. The van der Waals surface area contributed by atoms with E-state index in [1.807, 2.05) is 0 Å². The number of allylic oxidation sites excluding steroid dienone is 6. The minimum atomic E-state index is -1.07. The molecular weight excluding hydrogens is 372 g/mol. The zero-order chi connectivity index (χ0) is 21.7. The van der Waals surface area contributed by atoms with Crippen LogP contribution >= 0.6 is 0 Å². The Morgan fingerprint density at radius 3 is 2.55 bits per heavy atom. The van der Waals surface area contributed by atoms with E-state index in [1.54, 1.807) is 6.08 Å². The first kappa shape index (κ1) is 26.2. The predicted octanol–water partition coefficient (Wildman–Crippen LogP) is 2.81. The van der Waals surface area contributed by atoms with Crippen molar-refractivity contribution in [1.82, 2.24) is 0 Å². The summed E-state index contributed by atoms with van der Waals surface area (Å²) in [7, 11) is 0. The summed E-state index contributed by atoms with van der Waals surface area (Å²) in [5.74, 6) is 9.86. The van der Waals surface area contributed by atoms with Gasteiger partial charge in [0.05, 0.1) is 13.0 Å². The van der Waals surface area contributed by atoms with Gasteiger partial charge in [0.15, 0.2) is 5.76 Å². The first-order valence-electron chi connectivity index (χ1n) is 9.61. The Labute approximate surface area is 173 Å². The zero-order valence-electron chi connectivity index (χ0n) is 17.1. The van der Waals surface area contributed by atoms with Crippen LogP contribution in [0, 0.1) is 23.7 Å². The maximum Gasteiger partial charge on any atom is 0.308 e. The molecule has 0 aromatic carbocycles. The van der Waals surface area contributed by atoms with E-state index >= 15 is 0 Å². The molecule has 0 unspecified atom stereocenters. The minimum Gasteiger partial charge on any atom is -0.463 e. The van der Waals surface area contributed by atoms with Gasteiger partial charge in [-0.2, -0.15) is 0 Å². The van der Waals surface area contributed by atoms with Gasteiger partial charge in [0.2, 0.25) is 0 Å². The van der Waals surface area contributed by atoms with Gasteiger partial charge in [-0.1, -0.05) is 37.1 Å². The number of hydrogen-bond donors (Lipinski definition) is 2. The standard InChI is InChI=1S/C23H30O6/c1-3-4-5-6-7-8-9-12-15-22(29-20(2)25)16-13-10-11-14-17-23(27)28-19-21(26)18-24/h4-5,7-8,15,21,24,26H,3,6,9,12,14,17-19H2,1-2H3/b5-4-,8-7-,22-15-/t21-/m1/s1. The Bertz CT molecular complexity index is 694. The molecule has 0 bridgehead atoms. The van der Waals surface area contributed by atoms with Gasteiger partial charge in [0.25, 0.3) is 0 Å². The van der Waals surface area contributed by atoms with E-state index in [9.17, 15) is 9.59 Å². The van der Waals surface area contributed by atoms with Crippen LogP contribution < -0.4 is 0 Å². The smallest absolute Gasteiger partial charge is 0.308 e. The molecule has 0 aliphatic carbocycles. The van der Waals surface area contributed by atoms with E-state index in [-0.39, 0.29) is 25.2 Å². The molecule has 0 heterocycles. The van der Waals surface area contributed by atoms with Crippen molar-refractivity contribution in [2.24, 2.45) is 0 Å². The number of aliphatic hydroxyl groups is 2. The molecule has 0 aromatic rings. The van der Waals surface area contributed by atoms with Crippen LogP contribution in [0.2, 0.25) is 0 Å². The lowest BCUT2D eigenvalue weighted by atomic mass is 10.2. The molecule has 6 nitrogen and oxygen atoms in total. The lowest BCUT2D eigenvalue weighted by molar-refractivity contribution is -0.147. The molecule has 0 aromatic heterocycles. The molecule has 0 radical (unpaired) electrons. The van der Waals surface area contributed by atoms with Crippen molar-refractivity contribution in [3.63, 3.8) is 0 Å². The van der Waals surface area contributed by atoms with Crippen molar-refractivity contribution in [2.75, 3.05) is 13.2 Å². The number of carbonyl (C=O) groups excluding carboxylic acids is 2. The molecule has 1 atom stereocenters. The van der Waals surface area contributed by atoms with Crippen LogP contribution in [0.15, 0.2) is 36.1 Å². The van der Waals surface area contributed by atoms with Crippen molar-refractivity contribution in [2.45, 2.75) is 58.5 Å². The number of esters is 2. The second kappa shape index (κ2) is 18.6. The fourth-order valence-corrected chi connectivity index (χ4v) is 1.82. The molecule has 0 aliphatic heterocycles. The predicted molar refractivity (Wildman–Crippen MR) is 111 cm³/mol. The number of ether oxygens (including phenoxy) is 2. The van der Waals surface area contributed by atoms with Crippen molar-refractivity contribution < 1.29 is 29.3 Å². The van der Waals surface area contributed by atoms with Crippen LogP contribution in [0.3, 0.4) is 0 Å². The summed E-state index contributed by atoms with van der Waals surface area (Å²) < 4.78 is 9.79. The summed E-state index contributed by atoms with van der Waals surface area (Å²) in [4.78, 5) is 22.5. The topological polar surface area (TPSA) is 93.1 Å². The lowest BCUT2D eigenvalue weighted by Gasteiger charge is -2.07. The maximum absolute atomic E-state index is 11.4. The molecule has 158 valence electrons. The quantitative estimate of drug-likeness (QED) is 0.171. The van der Waals surface area contributed by atoms with Crippen LogP contribution in [0.1, 0.15) is 52.4 Å². The number of aliphatic hydroxyl groups excluding tert-OH is 2. The average molecular weight is 402 g/mol. The van der Waals surface area contributed by atoms with Gasteiger partial charge in [0.1, 0.15) is 12.7 Å². The van der Waals surface area contributed by atoms with E-state index in [2.05, 4.69) is 54.9 Å². The van der Waals surface area contributed by atoms with E-state index in [4.69, 9.17) is 19.7 Å². The Morgan fingerprint density at radius 2 is 1.86 bits per heavy atom. The first-order valence-corrected chi connectivity index (χ1v) is 9.61. The Balaban J connectivity index is 4.40. The van der Waals surface area contributed by atoms with Crippen LogP contribution in [-0.2, 0) is 19.1 Å². The minimum absolute atomic E-state index is 0.0548. The van der Waals surface area contributed by atoms with E-state index in [1.165, 1.54) is 6.92 Å². The molecule has 29 heavy (non-hydrogen) atoms. The van der Waals surface area contributed by atoms with Gasteiger partial charge in [-0.3, -0.25) is 9.59 Å². The lowest BCUT2D eigenvalue weighted by Crippen LogP contribution is -2.21. The highest BCUT2D eigenvalue weighted by molar-refractivity contribution is 5.69. The molecular formula is C23H30O6. The second-order valence-electron chi connectivity index (χ2n) is 5.90. The van der Waals surface area contributed by atoms with Gasteiger partial charge < -0.3 is 19.7 Å². The monoisotopic (exact) mass is 402 g/mol. The molecule has 2 N–H and O–H groups in total. The van der Waals surface area contributed by atoms with Crippen molar-refractivity contribution in [3.8, 4) is 23.7 Å². The summed E-state index contributed by atoms with van der Waals surface area (Å²) in [6.45, 7) is 2.69. The fourth-order valence-electron chi connectivity index (χ4n) is 1.82. The summed E-state index contributed by atoms with van der Waals surface area (Å²) in [6, 6.07) is 0. The summed E-state index contributed by atoms with van der Waals surface area (Å²) in [5.41, 5.74) is 0. The normalized spacial score (nSPS) is 12.1. The van der Waals surface area contributed by atoms with Gasteiger partial charge in [-0.15, -0.1) is 0 Å². The highest BCUT2D eigenvalue weighted by Gasteiger charge is 2.06. The number of unbranched alkanes of at least 4 members (excludes halogenated alkanes) is 1. The third-order valence-electron chi connectivity index (χ3n) is 3.20.